The van der Waals surface area contributed by atoms with E-state index in [1.54, 1.807) is 11.8 Å². The number of amides is 1. The lowest BCUT2D eigenvalue weighted by molar-refractivity contribution is -0.149. The molecule has 0 spiro atoms. The van der Waals surface area contributed by atoms with Gasteiger partial charge in [0.15, 0.2) is 11.4 Å². The quantitative estimate of drug-likeness (QED) is 0.800. The molecule has 1 aliphatic rings. The molecular weight excluding hydrogens is 358 g/mol. The van der Waals surface area contributed by atoms with Crippen molar-refractivity contribution in [1.29, 1.82) is 0 Å². The molecule has 28 heavy (non-hydrogen) atoms. The molecule has 1 saturated heterocycles. The van der Waals surface area contributed by atoms with Crippen LogP contribution in [-0.2, 0) is 9.53 Å². The van der Waals surface area contributed by atoms with Gasteiger partial charge in [0.1, 0.15) is 0 Å². The summed E-state index contributed by atoms with van der Waals surface area (Å²) in [5.74, 6) is -0.727. The minimum atomic E-state index is -0.371. The smallest absolute Gasteiger partial charge is 0.310 e. The fraction of sp³-hybridized carbons (Fsp3) is 0.476. The summed E-state index contributed by atoms with van der Waals surface area (Å²) in [5, 5.41) is 14.6. The molecule has 1 aromatic carbocycles. The average Bonchev–Trinajstić information content (AvgIpc) is 3.09. The zero-order valence-corrected chi connectivity index (χ0v) is 16.6. The second-order valence-corrected chi connectivity index (χ2v) is 7.40. The first-order chi connectivity index (χ1) is 13.4. The van der Waals surface area contributed by atoms with Crippen LogP contribution in [0.3, 0.4) is 0 Å². The fourth-order valence-corrected chi connectivity index (χ4v) is 3.43. The number of benzene rings is 1. The van der Waals surface area contributed by atoms with Crippen molar-refractivity contribution in [3.8, 4) is 11.4 Å². The van der Waals surface area contributed by atoms with Crippen LogP contribution in [0.5, 0.6) is 5.75 Å². The van der Waals surface area contributed by atoms with E-state index in [4.69, 9.17) is 4.74 Å². The number of esters is 1. The molecule has 0 aliphatic carbocycles. The van der Waals surface area contributed by atoms with Gasteiger partial charge in [-0.25, -0.2) is 4.68 Å². The highest BCUT2D eigenvalue weighted by molar-refractivity contribution is 5.95. The lowest BCUT2D eigenvalue weighted by Gasteiger charge is -2.31. The molecule has 1 fully saturated rings. The number of rotatable bonds is 5. The number of hydrogen-bond acceptors (Lipinski definition) is 5. The summed E-state index contributed by atoms with van der Waals surface area (Å²) >= 11 is 0. The topological polar surface area (TPSA) is 84.7 Å². The second-order valence-electron chi connectivity index (χ2n) is 7.40. The predicted molar refractivity (Wildman–Crippen MR) is 105 cm³/mol. The van der Waals surface area contributed by atoms with Gasteiger partial charge in [0.05, 0.1) is 24.4 Å². The largest absolute Gasteiger partial charge is 0.504 e. The monoisotopic (exact) mass is 385 g/mol. The van der Waals surface area contributed by atoms with Gasteiger partial charge >= 0.3 is 5.97 Å². The van der Waals surface area contributed by atoms with Crippen LogP contribution in [0.2, 0.25) is 0 Å². The number of ether oxygens (including phenoxy) is 1. The number of aromatic nitrogens is 2. The molecule has 0 saturated carbocycles. The van der Waals surface area contributed by atoms with Crippen LogP contribution in [0.25, 0.3) is 5.69 Å². The highest BCUT2D eigenvalue weighted by atomic mass is 16.5. The average molecular weight is 385 g/mol. The van der Waals surface area contributed by atoms with Crippen LogP contribution in [0.4, 0.5) is 0 Å². The number of carbonyl (C=O) groups is 2. The Labute approximate surface area is 164 Å². The van der Waals surface area contributed by atoms with Gasteiger partial charge in [-0.1, -0.05) is 26.0 Å². The third kappa shape index (κ3) is 4.18. The molecule has 1 N–H and O–H groups in total. The van der Waals surface area contributed by atoms with Crippen molar-refractivity contribution in [3.05, 3.63) is 41.7 Å². The molecule has 7 heteroatoms. The molecule has 150 valence electrons. The van der Waals surface area contributed by atoms with Gasteiger partial charge in [0, 0.05) is 13.1 Å². The van der Waals surface area contributed by atoms with Gasteiger partial charge < -0.3 is 14.7 Å². The van der Waals surface area contributed by atoms with Gasteiger partial charge in [-0.3, -0.25) is 9.59 Å². The SMILES string of the molecule is CCOC(=O)[C@H]1CCCN(C(=O)c2nn(-c3ccc(C(C)C)cc3)cc2O)C1. The highest BCUT2D eigenvalue weighted by Crippen LogP contribution is 2.24. The van der Waals surface area contributed by atoms with Crippen molar-refractivity contribution < 1.29 is 19.4 Å². The Bertz CT molecular complexity index is 842. The molecule has 7 nitrogen and oxygen atoms in total. The van der Waals surface area contributed by atoms with E-state index in [0.717, 1.165) is 5.69 Å². The van der Waals surface area contributed by atoms with Crippen LogP contribution in [0, 0.1) is 5.92 Å². The van der Waals surface area contributed by atoms with Gasteiger partial charge in [-0.2, -0.15) is 5.10 Å². The predicted octanol–water partition coefficient (Wildman–Crippen LogP) is 3.12. The molecule has 3 rings (SSSR count). The number of nitrogens with zero attached hydrogens (tertiary/aromatic N) is 3. The normalized spacial score (nSPS) is 17.0. The molecule has 2 heterocycles. The van der Waals surface area contributed by atoms with Crippen molar-refractivity contribution in [3.63, 3.8) is 0 Å². The van der Waals surface area contributed by atoms with E-state index in [1.807, 2.05) is 24.3 Å². The Morgan fingerprint density at radius 1 is 1.29 bits per heavy atom. The zero-order chi connectivity index (χ0) is 20.3. The van der Waals surface area contributed by atoms with Crippen LogP contribution >= 0.6 is 0 Å². The lowest BCUT2D eigenvalue weighted by atomic mass is 9.98. The lowest BCUT2D eigenvalue weighted by Crippen LogP contribution is -2.43. The standard InChI is InChI=1S/C21H27N3O4/c1-4-28-21(27)16-6-5-11-23(12-16)20(26)19-18(25)13-24(22-19)17-9-7-15(8-10-17)14(2)3/h7-10,13-14,16,25H,4-6,11-12H2,1-3H3/t16-/m0/s1. The summed E-state index contributed by atoms with van der Waals surface area (Å²) in [7, 11) is 0. The Morgan fingerprint density at radius 2 is 2.00 bits per heavy atom. The summed E-state index contributed by atoms with van der Waals surface area (Å²) in [5.41, 5.74) is 1.97. The summed E-state index contributed by atoms with van der Waals surface area (Å²) in [6, 6.07) is 7.84. The zero-order valence-electron chi connectivity index (χ0n) is 16.6. The molecule has 0 unspecified atom stereocenters. The number of likely N-dealkylation sites (tertiary alicyclic amines) is 1. The highest BCUT2D eigenvalue weighted by Gasteiger charge is 2.32. The van der Waals surface area contributed by atoms with Gasteiger partial charge in [0.2, 0.25) is 0 Å². The van der Waals surface area contributed by atoms with Crippen molar-refractivity contribution in [2.75, 3.05) is 19.7 Å². The van der Waals surface area contributed by atoms with E-state index in [2.05, 4.69) is 18.9 Å². The van der Waals surface area contributed by atoms with Crippen molar-refractivity contribution in [2.24, 2.45) is 5.92 Å². The first-order valence-corrected chi connectivity index (χ1v) is 9.75. The van der Waals surface area contributed by atoms with Gasteiger partial charge in [0.25, 0.3) is 5.91 Å². The van der Waals surface area contributed by atoms with E-state index in [-0.39, 0.29) is 35.8 Å². The summed E-state index contributed by atoms with van der Waals surface area (Å²) in [4.78, 5) is 26.4. The third-order valence-corrected chi connectivity index (χ3v) is 5.05. The molecule has 1 aliphatic heterocycles. The minimum Gasteiger partial charge on any atom is -0.504 e. The van der Waals surface area contributed by atoms with Crippen molar-refractivity contribution in [2.45, 2.75) is 39.5 Å². The molecule has 2 aromatic rings. The number of carbonyl (C=O) groups excluding carboxylic acids is 2. The maximum Gasteiger partial charge on any atom is 0.310 e. The fourth-order valence-electron chi connectivity index (χ4n) is 3.43. The van der Waals surface area contributed by atoms with Crippen LogP contribution in [-0.4, -0.2) is 51.4 Å². The molecule has 1 atom stereocenters. The number of aromatic hydroxyl groups is 1. The van der Waals surface area contributed by atoms with Gasteiger partial charge in [-0.15, -0.1) is 0 Å². The van der Waals surface area contributed by atoms with E-state index in [1.165, 1.54) is 16.4 Å². The summed E-state index contributed by atoms with van der Waals surface area (Å²) in [6.45, 7) is 7.14. The van der Waals surface area contributed by atoms with E-state index >= 15 is 0 Å². The molecule has 1 aromatic heterocycles. The van der Waals surface area contributed by atoms with Crippen LogP contribution < -0.4 is 0 Å². The number of hydrogen-bond donors (Lipinski definition) is 1. The number of piperidine rings is 1. The van der Waals surface area contributed by atoms with Crippen molar-refractivity contribution in [1.82, 2.24) is 14.7 Å². The first-order valence-electron chi connectivity index (χ1n) is 9.75. The minimum absolute atomic E-state index is 0.00237. The van der Waals surface area contributed by atoms with Crippen LogP contribution in [0.1, 0.15) is 55.6 Å². The molecule has 1 amide bonds. The maximum absolute atomic E-state index is 12.9. The Kier molecular flexibility index (Phi) is 6.02. The Hall–Kier alpha value is -2.83. The Morgan fingerprint density at radius 3 is 2.64 bits per heavy atom. The second kappa shape index (κ2) is 8.46. The van der Waals surface area contributed by atoms with E-state index in [0.29, 0.717) is 31.9 Å². The van der Waals surface area contributed by atoms with Crippen LogP contribution in [0.15, 0.2) is 30.5 Å². The Balaban J connectivity index is 1.76. The maximum atomic E-state index is 12.9. The van der Waals surface area contributed by atoms with Crippen molar-refractivity contribution >= 4 is 11.9 Å². The van der Waals surface area contributed by atoms with E-state index in [9.17, 15) is 14.7 Å². The molecule has 0 bridgehead atoms. The summed E-state index contributed by atoms with van der Waals surface area (Å²) in [6.07, 6.45) is 2.85. The first kappa shape index (κ1) is 19.9. The summed E-state index contributed by atoms with van der Waals surface area (Å²) < 4.78 is 6.58. The van der Waals surface area contributed by atoms with Gasteiger partial charge in [-0.05, 0) is 43.4 Å². The third-order valence-electron chi connectivity index (χ3n) is 5.05. The van der Waals surface area contributed by atoms with E-state index < -0.39 is 0 Å². The molecular formula is C21H27N3O4. The molecule has 0 radical (unpaired) electrons.